The van der Waals surface area contributed by atoms with Crippen molar-refractivity contribution in [2.75, 3.05) is 18.0 Å². The third-order valence-electron chi connectivity index (χ3n) is 3.97. The molecule has 6 heteroatoms. The van der Waals surface area contributed by atoms with Gasteiger partial charge in [-0.2, -0.15) is 0 Å². The van der Waals surface area contributed by atoms with E-state index in [-0.39, 0.29) is 17.9 Å². The van der Waals surface area contributed by atoms with Crippen LogP contribution in [0.5, 0.6) is 0 Å². The Morgan fingerprint density at radius 3 is 2.87 bits per heavy atom. The number of thiophene rings is 1. The average molecular weight is 330 g/mol. The number of carbonyl (C=O) groups is 1. The molecule has 1 unspecified atom stereocenters. The second-order valence-corrected chi connectivity index (χ2v) is 7.15. The van der Waals surface area contributed by atoms with E-state index in [1.54, 1.807) is 11.3 Å². The van der Waals surface area contributed by atoms with Gasteiger partial charge in [-0.05, 0) is 50.3 Å². The van der Waals surface area contributed by atoms with Crippen LogP contribution in [0.2, 0.25) is 0 Å². The molecule has 2 aromatic heterocycles. The van der Waals surface area contributed by atoms with Crippen LogP contribution in [-0.2, 0) is 4.79 Å². The highest BCUT2D eigenvalue weighted by atomic mass is 32.1. The molecule has 5 nitrogen and oxygen atoms in total. The maximum absolute atomic E-state index is 12.2. The van der Waals surface area contributed by atoms with Gasteiger partial charge in [0.1, 0.15) is 5.69 Å². The third-order valence-corrected chi connectivity index (χ3v) is 4.86. The largest absolute Gasteiger partial charge is 0.354 e. The molecular weight excluding hydrogens is 308 g/mol. The molecule has 3 heterocycles. The zero-order valence-corrected chi connectivity index (χ0v) is 14.3. The SMILES string of the molecule is CC(C)NC(=O)C1CCCN(c2ccc(-c3cccs3)nn2)C1. The quantitative estimate of drug-likeness (QED) is 0.936. The molecule has 1 aliphatic heterocycles. The van der Waals surface area contributed by atoms with Crippen LogP contribution in [0.4, 0.5) is 5.82 Å². The number of rotatable bonds is 4. The summed E-state index contributed by atoms with van der Waals surface area (Å²) in [5.41, 5.74) is 0.898. The van der Waals surface area contributed by atoms with Crippen molar-refractivity contribution in [3.63, 3.8) is 0 Å². The summed E-state index contributed by atoms with van der Waals surface area (Å²) in [6.07, 6.45) is 1.94. The highest BCUT2D eigenvalue weighted by molar-refractivity contribution is 7.13. The summed E-state index contributed by atoms with van der Waals surface area (Å²) in [5, 5.41) is 13.7. The predicted molar refractivity (Wildman–Crippen MR) is 93.6 cm³/mol. The van der Waals surface area contributed by atoms with Gasteiger partial charge in [0.05, 0.1) is 10.8 Å². The van der Waals surface area contributed by atoms with Crippen LogP contribution in [0.3, 0.4) is 0 Å². The number of piperidine rings is 1. The van der Waals surface area contributed by atoms with E-state index in [1.807, 2.05) is 43.5 Å². The lowest BCUT2D eigenvalue weighted by Crippen LogP contribution is -2.45. The normalized spacial score (nSPS) is 18.2. The molecule has 1 aliphatic rings. The first-order valence-corrected chi connectivity index (χ1v) is 8.94. The van der Waals surface area contributed by atoms with Gasteiger partial charge in [0.15, 0.2) is 5.82 Å². The second kappa shape index (κ2) is 7.08. The Morgan fingerprint density at radius 1 is 1.35 bits per heavy atom. The molecule has 0 aromatic carbocycles. The summed E-state index contributed by atoms with van der Waals surface area (Å²) in [4.78, 5) is 15.5. The number of nitrogens with one attached hydrogen (secondary N) is 1. The van der Waals surface area contributed by atoms with Crippen molar-refractivity contribution < 1.29 is 4.79 Å². The molecule has 1 saturated heterocycles. The topological polar surface area (TPSA) is 58.1 Å². The van der Waals surface area contributed by atoms with E-state index in [1.165, 1.54) is 0 Å². The van der Waals surface area contributed by atoms with Gasteiger partial charge >= 0.3 is 0 Å². The molecule has 0 radical (unpaired) electrons. The summed E-state index contributed by atoms with van der Waals surface area (Å²) in [5.74, 6) is 1.03. The van der Waals surface area contributed by atoms with Crippen molar-refractivity contribution in [3.05, 3.63) is 29.6 Å². The smallest absolute Gasteiger partial charge is 0.225 e. The number of aromatic nitrogens is 2. The number of hydrogen-bond donors (Lipinski definition) is 1. The van der Waals surface area contributed by atoms with Gasteiger partial charge < -0.3 is 10.2 Å². The first-order chi connectivity index (χ1) is 11.1. The Bertz CT molecular complexity index is 639. The fourth-order valence-electron chi connectivity index (χ4n) is 2.85. The maximum Gasteiger partial charge on any atom is 0.225 e. The van der Waals surface area contributed by atoms with Gasteiger partial charge in [0.25, 0.3) is 0 Å². The Labute approximate surface area is 140 Å². The van der Waals surface area contributed by atoms with Gasteiger partial charge in [-0.1, -0.05) is 6.07 Å². The monoisotopic (exact) mass is 330 g/mol. The fraction of sp³-hybridized carbons (Fsp3) is 0.471. The molecule has 23 heavy (non-hydrogen) atoms. The maximum atomic E-state index is 12.2. The molecule has 0 bridgehead atoms. The Hall–Kier alpha value is -1.95. The summed E-state index contributed by atoms with van der Waals surface area (Å²) in [7, 11) is 0. The van der Waals surface area contributed by atoms with Gasteiger partial charge in [0, 0.05) is 19.1 Å². The number of hydrogen-bond acceptors (Lipinski definition) is 5. The van der Waals surface area contributed by atoms with Crippen LogP contribution in [-0.4, -0.2) is 35.2 Å². The highest BCUT2D eigenvalue weighted by Gasteiger charge is 2.26. The van der Waals surface area contributed by atoms with E-state index in [0.717, 1.165) is 35.8 Å². The molecule has 1 N–H and O–H groups in total. The van der Waals surface area contributed by atoms with Crippen LogP contribution >= 0.6 is 11.3 Å². The van der Waals surface area contributed by atoms with Gasteiger partial charge in [-0.15, -0.1) is 21.5 Å². The zero-order chi connectivity index (χ0) is 16.2. The molecule has 1 amide bonds. The zero-order valence-electron chi connectivity index (χ0n) is 13.5. The van der Waals surface area contributed by atoms with E-state index < -0.39 is 0 Å². The van der Waals surface area contributed by atoms with Crippen molar-refractivity contribution in [2.24, 2.45) is 5.92 Å². The minimum Gasteiger partial charge on any atom is -0.354 e. The van der Waals surface area contributed by atoms with Crippen molar-refractivity contribution in [2.45, 2.75) is 32.7 Å². The van der Waals surface area contributed by atoms with Crippen LogP contribution in [0, 0.1) is 5.92 Å². The molecular formula is C17H22N4OS. The van der Waals surface area contributed by atoms with E-state index >= 15 is 0 Å². The molecule has 1 fully saturated rings. The Kier molecular flexibility index (Phi) is 4.91. The van der Waals surface area contributed by atoms with Crippen molar-refractivity contribution >= 4 is 23.1 Å². The van der Waals surface area contributed by atoms with Crippen molar-refractivity contribution in [1.29, 1.82) is 0 Å². The lowest BCUT2D eigenvalue weighted by Gasteiger charge is -2.32. The van der Waals surface area contributed by atoms with Crippen molar-refractivity contribution in [1.82, 2.24) is 15.5 Å². The number of nitrogens with zero attached hydrogens (tertiary/aromatic N) is 3. The van der Waals surface area contributed by atoms with Gasteiger partial charge in [-0.25, -0.2) is 0 Å². The van der Waals surface area contributed by atoms with Crippen LogP contribution in [0.25, 0.3) is 10.6 Å². The summed E-state index contributed by atoms with van der Waals surface area (Å²) in [6.45, 7) is 5.63. The third kappa shape index (κ3) is 3.88. The lowest BCUT2D eigenvalue weighted by molar-refractivity contribution is -0.125. The van der Waals surface area contributed by atoms with Crippen LogP contribution in [0.15, 0.2) is 29.6 Å². The summed E-state index contributed by atoms with van der Waals surface area (Å²) in [6, 6.07) is 8.25. The lowest BCUT2D eigenvalue weighted by atomic mass is 9.97. The summed E-state index contributed by atoms with van der Waals surface area (Å²) < 4.78 is 0. The average Bonchev–Trinajstić information content (AvgIpc) is 3.09. The highest BCUT2D eigenvalue weighted by Crippen LogP contribution is 2.25. The number of amides is 1. The number of carbonyl (C=O) groups excluding carboxylic acids is 1. The molecule has 1 atom stereocenters. The van der Waals surface area contributed by atoms with Gasteiger partial charge in [0.2, 0.25) is 5.91 Å². The minimum atomic E-state index is 0.0323. The summed E-state index contributed by atoms with van der Waals surface area (Å²) >= 11 is 1.66. The van der Waals surface area contributed by atoms with E-state index in [2.05, 4.69) is 20.4 Å². The molecule has 3 rings (SSSR count). The molecule has 0 saturated carbocycles. The molecule has 122 valence electrons. The Morgan fingerprint density at radius 2 is 2.22 bits per heavy atom. The Balaban J connectivity index is 1.68. The first kappa shape index (κ1) is 15.9. The molecule has 2 aromatic rings. The molecule has 0 aliphatic carbocycles. The van der Waals surface area contributed by atoms with Crippen molar-refractivity contribution in [3.8, 4) is 10.6 Å². The van der Waals surface area contributed by atoms with Crippen LogP contribution < -0.4 is 10.2 Å². The standard InChI is InChI=1S/C17H22N4OS/c1-12(2)18-17(22)13-5-3-9-21(11-13)16-8-7-14(19-20-16)15-6-4-10-23-15/h4,6-8,10,12-13H,3,5,9,11H2,1-2H3,(H,18,22). The fourth-order valence-corrected chi connectivity index (χ4v) is 3.54. The van der Waals surface area contributed by atoms with E-state index in [4.69, 9.17) is 0 Å². The van der Waals surface area contributed by atoms with E-state index in [9.17, 15) is 4.79 Å². The minimum absolute atomic E-state index is 0.0323. The van der Waals surface area contributed by atoms with E-state index in [0.29, 0.717) is 6.54 Å². The second-order valence-electron chi connectivity index (χ2n) is 6.20. The van der Waals surface area contributed by atoms with Crippen LogP contribution in [0.1, 0.15) is 26.7 Å². The van der Waals surface area contributed by atoms with Gasteiger partial charge in [-0.3, -0.25) is 4.79 Å². The first-order valence-electron chi connectivity index (χ1n) is 8.06. The number of anilines is 1. The molecule has 0 spiro atoms. The predicted octanol–water partition coefficient (Wildman–Crippen LogP) is 2.95.